The lowest BCUT2D eigenvalue weighted by atomic mass is 9.70. The van der Waals surface area contributed by atoms with Crippen LogP contribution >= 0.6 is 0 Å². The highest BCUT2D eigenvalue weighted by atomic mass is 16.5. The first-order chi connectivity index (χ1) is 14.2. The monoisotopic (exact) mass is 428 g/mol. The molecule has 3 heteroatoms. The van der Waals surface area contributed by atoms with E-state index in [1.807, 2.05) is 0 Å². The second-order valence-electron chi connectivity index (χ2n) is 14.4. The first-order valence-electron chi connectivity index (χ1n) is 12.8. The molecule has 3 nitrogen and oxygen atoms in total. The summed E-state index contributed by atoms with van der Waals surface area (Å²) in [5.74, 6) is 1.73. The Kier molecular flexibility index (Phi) is 4.53. The summed E-state index contributed by atoms with van der Waals surface area (Å²) in [5, 5.41) is 0. The van der Waals surface area contributed by atoms with Gasteiger partial charge in [-0.1, -0.05) is 61.8 Å². The minimum atomic E-state index is 0.00198. The van der Waals surface area contributed by atoms with E-state index in [2.05, 4.69) is 55.4 Å². The van der Waals surface area contributed by atoms with Crippen molar-refractivity contribution in [2.45, 2.75) is 113 Å². The fraction of sp³-hybridized carbons (Fsp3) is 0.893. The molecule has 0 aromatic heterocycles. The number of allylic oxidation sites excluding steroid dienone is 2. The van der Waals surface area contributed by atoms with Gasteiger partial charge in [0.25, 0.3) is 0 Å². The van der Waals surface area contributed by atoms with Gasteiger partial charge in [0.1, 0.15) is 12.2 Å². The molecule has 0 aromatic carbocycles. The number of ether oxygens (including phenoxy) is 2. The predicted octanol–water partition coefficient (Wildman–Crippen LogP) is 6.70. The molecule has 0 saturated heterocycles. The van der Waals surface area contributed by atoms with E-state index >= 15 is 0 Å². The summed E-state index contributed by atoms with van der Waals surface area (Å²) < 4.78 is 13.6. The Balaban J connectivity index is 1.51. The van der Waals surface area contributed by atoms with E-state index in [4.69, 9.17) is 9.47 Å². The highest BCUT2D eigenvalue weighted by molar-refractivity contribution is 6.01. The van der Waals surface area contributed by atoms with Crippen LogP contribution in [0.25, 0.3) is 0 Å². The number of carbonyl (C=O) groups excluding carboxylic acids is 1. The molecule has 5 rings (SSSR count). The predicted molar refractivity (Wildman–Crippen MR) is 124 cm³/mol. The normalized spacial score (nSPS) is 44.8. The fourth-order valence-corrected chi connectivity index (χ4v) is 8.57. The largest absolute Gasteiger partial charge is 0.484 e. The second kappa shape index (κ2) is 6.39. The van der Waals surface area contributed by atoms with Gasteiger partial charge in [-0.05, 0) is 60.3 Å². The van der Waals surface area contributed by atoms with Crippen LogP contribution in [0.15, 0.2) is 11.3 Å². The van der Waals surface area contributed by atoms with Crippen LogP contribution in [0.2, 0.25) is 0 Å². The summed E-state index contributed by atoms with van der Waals surface area (Å²) >= 11 is 0. The third kappa shape index (κ3) is 2.90. The Hall–Kier alpha value is -0.830. The van der Waals surface area contributed by atoms with Crippen LogP contribution in [0, 0.1) is 38.9 Å². The van der Waals surface area contributed by atoms with E-state index in [-0.39, 0.29) is 45.2 Å². The lowest BCUT2D eigenvalue weighted by Crippen LogP contribution is -2.44. The van der Waals surface area contributed by atoms with Crippen molar-refractivity contribution < 1.29 is 14.3 Å². The van der Waals surface area contributed by atoms with Crippen molar-refractivity contribution in [3.8, 4) is 0 Å². The van der Waals surface area contributed by atoms with Crippen LogP contribution in [-0.2, 0) is 14.3 Å². The van der Waals surface area contributed by atoms with Crippen molar-refractivity contribution in [2.24, 2.45) is 38.9 Å². The van der Waals surface area contributed by atoms with Crippen LogP contribution in [-0.4, -0.2) is 24.6 Å². The minimum absolute atomic E-state index is 0.00198. The SMILES string of the molecule is CC(C)(C)CO[C@@H]1[C@H](OC2=C3CC(C)(C)C[C@@]34CCC[C@H]4C2=O)[C@H]2CC[C@]1(C)C2(C)C. The first-order valence-corrected chi connectivity index (χ1v) is 12.8. The third-order valence-corrected chi connectivity index (χ3v) is 10.3. The molecule has 4 fully saturated rings. The Bertz CT molecular complexity index is 828. The molecule has 6 atom stereocenters. The number of fused-ring (bicyclic) bond motifs is 2. The molecule has 0 radical (unpaired) electrons. The molecule has 0 amide bonds. The third-order valence-electron chi connectivity index (χ3n) is 10.3. The molecule has 5 aliphatic rings. The van der Waals surface area contributed by atoms with Crippen LogP contribution in [0.5, 0.6) is 0 Å². The van der Waals surface area contributed by atoms with Crippen molar-refractivity contribution in [2.75, 3.05) is 6.61 Å². The summed E-state index contributed by atoms with van der Waals surface area (Å²) in [4.78, 5) is 13.6. The Morgan fingerprint density at radius 1 is 1.03 bits per heavy atom. The maximum Gasteiger partial charge on any atom is 0.201 e. The number of ketones is 1. The average molecular weight is 429 g/mol. The van der Waals surface area contributed by atoms with Gasteiger partial charge in [0.2, 0.25) is 5.78 Å². The van der Waals surface area contributed by atoms with Gasteiger partial charge in [-0.3, -0.25) is 4.79 Å². The number of hydrogen-bond acceptors (Lipinski definition) is 3. The smallest absolute Gasteiger partial charge is 0.201 e. The molecular weight excluding hydrogens is 384 g/mol. The quantitative estimate of drug-likeness (QED) is 0.499. The second-order valence-corrected chi connectivity index (χ2v) is 14.4. The molecule has 1 spiro atoms. The van der Waals surface area contributed by atoms with Crippen molar-refractivity contribution in [3.05, 3.63) is 11.3 Å². The van der Waals surface area contributed by atoms with Crippen LogP contribution in [0.1, 0.15) is 100 Å². The summed E-state index contributed by atoms with van der Waals surface area (Å²) in [6.07, 6.45) is 8.03. The molecule has 0 aliphatic heterocycles. The Labute approximate surface area is 189 Å². The van der Waals surface area contributed by atoms with Gasteiger partial charge in [-0.2, -0.15) is 0 Å². The Morgan fingerprint density at radius 2 is 1.74 bits per heavy atom. The minimum Gasteiger partial charge on any atom is -0.484 e. The number of Topliss-reactive ketones (excluding diaryl/α,β-unsaturated/α-hetero) is 1. The first kappa shape index (κ1) is 22.0. The van der Waals surface area contributed by atoms with E-state index in [0.29, 0.717) is 11.7 Å². The summed E-state index contributed by atoms with van der Waals surface area (Å²) in [6, 6.07) is 0. The van der Waals surface area contributed by atoms with Crippen molar-refractivity contribution in [1.29, 1.82) is 0 Å². The molecular formula is C28H44O3. The number of rotatable bonds is 4. The van der Waals surface area contributed by atoms with Gasteiger partial charge in [-0.25, -0.2) is 0 Å². The average Bonchev–Trinajstić information content (AvgIpc) is 3.30. The lowest BCUT2D eigenvalue weighted by Gasteiger charge is -2.40. The highest BCUT2D eigenvalue weighted by Crippen LogP contribution is 2.70. The maximum absolute atomic E-state index is 13.6. The van der Waals surface area contributed by atoms with Gasteiger partial charge in [0.05, 0.1) is 6.61 Å². The molecule has 4 saturated carbocycles. The van der Waals surface area contributed by atoms with Gasteiger partial charge in [-0.15, -0.1) is 0 Å². The molecule has 0 unspecified atom stereocenters. The van der Waals surface area contributed by atoms with Crippen molar-refractivity contribution in [1.82, 2.24) is 0 Å². The lowest BCUT2D eigenvalue weighted by molar-refractivity contribution is -0.135. The molecule has 0 aromatic rings. The zero-order valence-electron chi connectivity index (χ0n) is 21.2. The molecule has 5 aliphatic carbocycles. The topological polar surface area (TPSA) is 35.5 Å². The van der Waals surface area contributed by atoms with Gasteiger partial charge < -0.3 is 9.47 Å². The van der Waals surface area contributed by atoms with Crippen LogP contribution < -0.4 is 0 Å². The molecule has 0 N–H and O–H groups in total. The van der Waals surface area contributed by atoms with Crippen molar-refractivity contribution in [3.63, 3.8) is 0 Å². The van der Waals surface area contributed by atoms with Crippen molar-refractivity contribution >= 4 is 5.78 Å². The van der Waals surface area contributed by atoms with Gasteiger partial charge in [0, 0.05) is 22.7 Å². The fourth-order valence-electron chi connectivity index (χ4n) is 8.57. The molecule has 174 valence electrons. The van der Waals surface area contributed by atoms with E-state index in [1.54, 1.807) is 0 Å². The van der Waals surface area contributed by atoms with Gasteiger partial charge >= 0.3 is 0 Å². The maximum atomic E-state index is 13.6. The van der Waals surface area contributed by atoms with Crippen LogP contribution in [0.3, 0.4) is 0 Å². The molecule has 31 heavy (non-hydrogen) atoms. The van der Waals surface area contributed by atoms with E-state index < -0.39 is 0 Å². The van der Waals surface area contributed by atoms with Gasteiger partial charge in [0.15, 0.2) is 5.76 Å². The summed E-state index contributed by atoms with van der Waals surface area (Å²) in [6.45, 7) is 19.4. The summed E-state index contributed by atoms with van der Waals surface area (Å²) in [5.41, 5.74) is 2.14. The van der Waals surface area contributed by atoms with E-state index in [0.717, 1.165) is 31.6 Å². The van der Waals surface area contributed by atoms with E-state index in [1.165, 1.54) is 31.3 Å². The molecule has 2 bridgehead atoms. The van der Waals surface area contributed by atoms with E-state index in [9.17, 15) is 4.79 Å². The Morgan fingerprint density at radius 3 is 2.42 bits per heavy atom. The number of hydrogen-bond donors (Lipinski definition) is 0. The summed E-state index contributed by atoms with van der Waals surface area (Å²) in [7, 11) is 0. The standard InChI is InChI=1S/C28H44O3/c1-24(2,3)16-30-23-22(18-11-13-27(23,8)26(18,6)7)31-21-19-14-25(4,5)15-28(19)12-9-10-17(28)20(21)29/h17-18,22-23H,9-16H2,1-8H3/t17-,18+,22+,23+,27-,28+/m0/s1. The number of carbonyl (C=O) groups is 1. The van der Waals surface area contributed by atoms with Crippen LogP contribution in [0.4, 0.5) is 0 Å². The zero-order chi connectivity index (χ0) is 22.6. The highest BCUT2D eigenvalue weighted by Gasteiger charge is 2.69. The molecule has 0 heterocycles. The zero-order valence-corrected chi connectivity index (χ0v) is 21.2.